The zero-order valence-electron chi connectivity index (χ0n) is 14.2. The Bertz CT molecular complexity index is 941. The quantitative estimate of drug-likeness (QED) is 0.583. The molecule has 0 radical (unpaired) electrons. The summed E-state index contributed by atoms with van der Waals surface area (Å²) in [6, 6.07) is 5.20. The van der Waals surface area contributed by atoms with E-state index in [4.69, 9.17) is 9.47 Å². The average Bonchev–Trinajstić information content (AvgIpc) is 2.80. The smallest absolute Gasteiger partial charge is 0.497 e. The highest BCUT2D eigenvalue weighted by Crippen LogP contribution is 2.33. The number of rotatable bonds is 3. The molecule has 0 unspecified atom stereocenters. The van der Waals surface area contributed by atoms with Gasteiger partial charge in [0.15, 0.2) is 0 Å². The molecule has 0 N–H and O–H groups in total. The van der Waals surface area contributed by atoms with Crippen LogP contribution in [0.5, 0.6) is 11.6 Å². The molecule has 144 valence electrons. The van der Waals surface area contributed by atoms with Gasteiger partial charge in [0.25, 0.3) is 0 Å². The van der Waals surface area contributed by atoms with Crippen molar-refractivity contribution in [3.05, 3.63) is 24.3 Å². The first-order chi connectivity index (χ1) is 11.7. The molecule has 26 heavy (non-hydrogen) atoms. The predicted molar refractivity (Wildman–Crippen MR) is 85.7 cm³/mol. The Kier molecular flexibility index (Phi) is 4.88. The summed E-state index contributed by atoms with van der Waals surface area (Å²) < 4.78 is 75.5. The standard InChI is InChI=1S/C15H16F3NO6S/c1-14(2,3)24-13(20)19-11-6-5-10(23-4)7-9(11)8-12(19)25-26(21,22)15(16,17)18/h5-8H,1-4H3. The average molecular weight is 395 g/mol. The molecule has 0 fully saturated rings. The van der Waals surface area contributed by atoms with E-state index < -0.39 is 33.2 Å². The highest BCUT2D eigenvalue weighted by Gasteiger charge is 2.49. The van der Waals surface area contributed by atoms with Crippen molar-refractivity contribution in [1.29, 1.82) is 0 Å². The maximum atomic E-state index is 12.6. The second kappa shape index (κ2) is 6.38. The van der Waals surface area contributed by atoms with Crippen LogP contribution in [-0.2, 0) is 14.9 Å². The van der Waals surface area contributed by atoms with E-state index in [9.17, 15) is 26.4 Å². The molecule has 0 saturated carbocycles. The Morgan fingerprint density at radius 1 is 1.12 bits per heavy atom. The van der Waals surface area contributed by atoms with Crippen LogP contribution in [0.3, 0.4) is 0 Å². The minimum atomic E-state index is -5.97. The number of methoxy groups -OCH3 is 1. The lowest BCUT2D eigenvalue weighted by molar-refractivity contribution is -0.0502. The highest BCUT2D eigenvalue weighted by atomic mass is 32.2. The lowest BCUT2D eigenvalue weighted by atomic mass is 10.2. The van der Waals surface area contributed by atoms with Crippen molar-refractivity contribution in [3.8, 4) is 11.6 Å². The number of carbonyl (C=O) groups is 1. The summed E-state index contributed by atoms with van der Waals surface area (Å²) in [6.07, 6.45) is -1.09. The molecule has 0 aliphatic carbocycles. The molecule has 0 aliphatic rings. The van der Waals surface area contributed by atoms with Crippen LogP contribution in [0.1, 0.15) is 20.8 Å². The Hall–Kier alpha value is -2.43. The monoisotopic (exact) mass is 395 g/mol. The first-order valence-corrected chi connectivity index (χ1v) is 8.59. The number of hydrogen-bond donors (Lipinski definition) is 0. The second-order valence-corrected chi connectivity index (χ2v) is 7.74. The van der Waals surface area contributed by atoms with Crippen LogP contribution in [0, 0.1) is 0 Å². The third-order valence-electron chi connectivity index (χ3n) is 3.03. The number of aromatic nitrogens is 1. The van der Waals surface area contributed by atoms with Crippen LogP contribution in [0.4, 0.5) is 18.0 Å². The third kappa shape index (κ3) is 4.03. The van der Waals surface area contributed by atoms with E-state index in [0.29, 0.717) is 10.3 Å². The van der Waals surface area contributed by atoms with Crippen molar-refractivity contribution in [2.45, 2.75) is 31.9 Å². The molecule has 0 amide bonds. The Labute approximate surface area is 147 Å². The molecule has 2 aromatic rings. The van der Waals surface area contributed by atoms with Gasteiger partial charge in [0.1, 0.15) is 11.4 Å². The van der Waals surface area contributed by atoms with Gasteiger partial charge in [0.05, 0.1) is 12.6 Å². The Morgan fingerprint density at radius 2 is 1.73 bits per heavy atom. The summed E-state index contributed by atoms with van der Waals surface area (Å²) in [5.74, 6) is -0.496. The van der Waals surface area contributed by atoms with Crippen LogP contribution in [0.2, 0.25) is 0 Å². The van der Waals surface area contributed by atoms with Crippen molar-refractivity contribution in [2.24, 2.45) is 0 Å². The predicted octanol–water partition coefficient (Wildman–Crippen LogP) is 3.66. The number of carbonyl (C=O) groups excluding carboxylic acids is 1. The normalized spacial score (nSPS) is 12.9. The summed E-state index contributed by atoms with van der Waals surface area (Å²) >= 11 is 0. The summed E-state index contributed by atoms with van der Waals surface area (Å²) in [7, 11) is -4.60. The topological polar surface area (TPSA) is 83.8 Å². The number of benzene rings is 1. The SMILES string of the molecule is COc1ccc2c(c1)cc(OS(=O)(=O)C(F)(F)F)n2C(=O)OC(C)(C)C. The molecule has 1 aromatic heterocycles. The number of hydrogen-bond acceptors (Lipinski definition) is 6. The minimum Gasteiger partial charge on any atom is -0.497 e. The lowest BCUT2D eigenvalue weighted by Gasteiger charge is -2.20. The number of halogens is 3. The molecule has 11 heteroatoms. The van der Waals surface area contributed by atoms with Gasteiger partial charge >= 0.3 is 21.7 Å². The molecule has 2 rings (SSSR count). The molecule has 0 saturated heterocycles. The van der Waals surface area contributed by atoms with Crippen molar-refractivity contribution < 1.29 is 40.0 Å². The van der Waals surface area contributed by atoms with E-state index in [1.807, 2.05) is 0 Å². The van der Waals surface area contributed by atoms with Crippen molar-refractivity contribution in [2.75, 3.05) is 7.11 Å². The molecule has 1 heterocycles. The zero-order valence-corrected chi connectivity index (χ0v) is 15.1. The lowest BCUT2D eigenvalue weighted by Crippen LogP contribution is -2.31. The van der Waals surface area contributed by atoms with E-state index in [1.165, 1.54) is 25.3 Å². The van der Waals surface area contributed by atoms with Gasteiger partial charge in [-0.3, -0.25) is 0 Å². The van der Waals surface area contributed by atoms with Gasteiger partial charge in [0.2, 0.25) is 5.88 Å². The van der Waals surface area contributed by atoms with E-state index in [2.05, 4.69) is 4.18 Å². The summed E-state index contributed by atoms with van der Waals surface area (Å²) in [5, 5.41) is 0.225. The fourth-order valence-electron chi connectivity index (χ4n) is 2.01. The van der Waals surface area contributed by atoms with Crippen molar-refractivity contribution >= 4 is 27.1 Å². The number of alkyl halides is 3. The maximum Gasteiger partial charge on any atom is 0.534 e. The van der Waals surface area contributed by atoms with Gasteiger partial charge in [-0.2, -0.15) is 21.6 Å². The maximum absolute atomic E-state index is 12.6. The molecular formula is C15H16F3NO6S. The number of ether oxygens (including phenoxy) is 2. The van der Waals surface area contributed by atoms with Crippen molar-refractivity contribution in [3.63, 3.8) is 0 Å². The van der Waals surface area contributed by atoms with Gasteiger partial charge in [-0.05, 0) is 39.0 Å². The van der Waals surface area contributed by atoms with Crippen LogP contribution in [0.25, 0.3) is 10.9 Å². The van der Waals surface area contributed by atoms with Crippen LogP contribution in [0.15, 0.2) is 24.3 Å². The van der Waals surface area contributed by atoms with Crippen molar-refractivity contribution in [1.82, 2.24) is 4.57 Å². The highest BCUT2D eigenvalue weighted by molar-refractivity contribution is 7.87. The van der Waals surface area contributed by atoms with Gasteiger partial charge in [-0.1, -0.05) is 0 Å². The first kappa shape index (κ1) is 19.9. The number of fused-ring (bicyclic) bond motifs is 1. The molecule has 0 atom stereocenters. The summed E-state index contributed by atoms with van der Waals surface area (Å²) in [5.41, 5.74) is -6.53. The fourth-order valence-corrected chi connectivity index (χ4v) is 2.45. The zero-order chi connectivity index (χ0) is 19.9. The third-order valence-corrected chi connectivity index (χ3v) is 3.99. The fraction of sp³-hybridized carbons (Fsp3) is 0.400. The summed E-state index contributed by atoms with van der Waals surface area (Å²) in [6.45, 7) is 4.64. The second-order valence-electron chi connectivity index (χ2n) is 6.21. The van der Waals surface area contributed by atoms with Gasteiger partial charge in [-0.25, -0.2) is 9.36 Å². The summed E-state index contributed by atoms with van der Waals surface area (Å²) in [4.78, 5) is 12.4. The van der Waals surface area contributed by atoms with E-state index in [-0.39, 0.29) is 10.9 Å². The van der Waals surface area contributed by atoms with Gasteiger partial charge < -0.3 is 13.7 Å². The minimum absolute atomic E-state index is 0.0902. The van der Waals surface area contributed by atoms with E-state index in [0.717, 1.165) is 6.07 Å². The molecule has 0 spiro atoms. The van der Waals surface area contributed by atoms with Crippen LogP contribution in [-0.4, -0.2) is 37.3 Å². The van der Waals surface area contributed by atoms with Crippen LogP contribution < -0.4 is 8.92 Å². The Morgan fingerprint density at radius 3 is 2.23 bits per heavy atom. The van der Waals surface area contributed by atoms with E-state index in [1.54, 1.807) is 20.8 Å². The molecule has 1 aromatic carbocycles. The first-order valence-electron chi connectivity index (χ1n) is 7.19. The van der Waals surface area contributed by atoms with E-state index >= 15 is 0 Å². The number of nitrogens with zero attached hydrogens (tertiary/aromatic N) is 1. The molecular weight excluding hydrogens is 379 g/mol. The molecule has 0 bridgehead atoms. The molecule has 0 aliphatic heterocycles. The molecule has 7 nitrogen and oxygen atoms in total. The Balaban J connectivity index is 2.64. The van der Waals surface area contributed by atoms with Crippen LogP contribution >= 0.6 is 0 Å². The largest absolute Gasteiger partial charge is 0.534 e. The van der Waals surface area contributed by atoms with Gasteiger partial charge in [0, 0.05) is 11.5 Å². The van der Waals surface area contributed by atoms with Gasteiger partial charge in [-0.15, -0.1) is 0 Å².